The molecule has 5 heteroatoms. The van der Waals surface area contributed by atoms with Gasteiger partial charge < -0.3 is 14.8 Å². The molecule has 0 radical (unpaired) electrons. The van der Waals surface area contributed by atoms with Gasteiger partial charge in [0.05, 0.1) is 18.4 Å². The van der Waals surface area contributed by atoms with Crippen LogP contribution < -0.4 is 10.1 Å². The summed E-state index contributed by atoms with van der Waals surface area (Å²) in [5.41, 5.74) is 1.80. The molecule has 0 aromatic heterocycles. The van der Waals surface area contributed by atoms with Gasteiger partial charge in [-0.1, -0.05) is 29.8 Å². The lowest BCUT2D eigenvalue weighted by molar-refractivity contribution is -0.122. The number of carbonyl (C=O) groups is 2. The van der Waals surface area contributed by atoms with Gasteiger partial charge in [-0.05, 0) is 38.1 Å². The summed E-state index contributed by atoms with van der Waals surface area (Å²) in [4.78, 5) is 24.0. The second kappa shape index (κ2) is 7.45. The van der Waals surface area contributed by atoms with E-state index in [-0.39, 0.29) is 5.91 Å². The molecular formula is C18H19NO4. The zero-order valence-corrected chi connectivity index (χ0v) is 13.3. The van der Waals surface area contributed by atoms with Crippen LogP contribution in [0.3, 0.4) is 0 Å². The van der Waals surface area contributed by atoms with Gasteiger partial charge in [0.25, 0.3) is 5.91 Å². The van der Waals surface area contributed by atoms with Crippen LogP contribution >= 0.6 is 0 Å². The zero-order valence-electron chi connectivity index (χ0n) is 13.3. The summed E-state index contributed by atoms with van der Waals surface area (Å²) in [5, 5.41) is 2.69. The highest BCUT2D eigenvalue weighted by Crippen LogP contribution is 2.18. The second-order valence-corrected chi connectivity index (χ2v) is 5.10. The molecule has 1 amide bonds. The van der Waals surface area contributed by atoms with Crippen LogP contribution in [0.5, 0.6) is 5.75 Å². The normalized spacial score (nSPS) is 11.4. The molecule has 120 valence electrons. The minimum Gasteiger partial charge on any atom is -0.481 e. The van der Waals surface area contributed by atoms with Gasteiger partial charge in [0.1, 0.15) is 5.75 Å². The molecule has 0 spiro atoms. The van der Waals surface area contributed by atoms with E-state index in [1.807, 2.05) is 31.2 Å². The summed E-state index contributed by atoms with van der Waals surface area (Å²) < 4.78 is 10.3. The average Bonchev–Trinajstić information content (AvgIpc) is 2.56. The zero-order chi connectivity index (χ0) is 16.8. The van der Waals surface area contributed by atoms with Crippen molar-refractivity contribution in [2.24, 2.45) is 0 Å². The van der Waals surface area contributed by atoms with E-state index in [1.165, 1.54) is 7.11 Å². The van der Waals surface area contributed by atoms with Crippen molar-refractivity contribution in [1.29, 1.82) is 0 Å². The Morgan fingerprint density at radius 3 is 2.35 bits per heavy atom. The third-order valence-electron chi connectivity index (χ3n) is 3.29. The number of methoxy groups -OCH3 is 1. The molecule has 2 aromatic carbocycles. The molecule has 0 saturated heterocycles. The summed E-state index contributed by atoms with van der Waals surface area (Å²) in [6.45, 7) is 3.62. The highest BCUT2D eigenvalue weighted by atomic mass is 16.5. The minimum absolute atomic E-state index is 0.297. The van der Waals surface area contributed by atoms with Crippen molar-refractivity contribution < 1.29 is 19.1 Å². The van der Waals surface area contributed by atoms with Crippen molar-refractivity contribution in [2.75, 3.05) is 12.4 Å². The first-order chi connectivity index (χ1) is 11.0. The van der Waals surface area contributed by atoms with Crippen LogP contribution in [0.4, 0.5) is 5.69 Å². The quantitative estimate of drug-likeness (QED) is 0.861. The Morgan fingerprint density at radius 2 is 1.70 bits per heavy atom. The van der Waals surface area contributed by atoms with Gasteiger partial charge in [-0.15, -0.1) is 0 Å². The Bertz CT molecular complexity index is 694. The van der Waals surface area contributed by atoms with E-state index < -0.39 is 12.1 Å². The van der Waals surface area contributed by atoms with E-state index in [0.717, 1.165) is 5.56 Å². The van der Waals surface area contributed by atoms with Crippen molar-refractivity contribution in [3.63, 3.8) is 0 Å². The van der Waals surface area contributed by atoms with Crippen molar-refractivity contribution >= 4 is 17.6 Å². The van der Waals surface area contributed by atoms with E-state index in [1.54, 1.807) is 31.2 Å². The molecule has 0 heterocycles. The second-order valence-electron chi connectivity index (χ2n) is 5.10. The van der Waals surface area contributed by atoms with Gasteiger partial charge in [0, 0.05) is 0 Å². The fourth-order valence-electron chi connectivity index (χ4n) is 1.99. The third-order valence-corrected chi connectivity index (χ3v) is 3.29. The van der Waals surface area contributed by atoms with Gasteiger partial charge in [0.15, 0.2) is 6.10 Å². The molecule has 0 bridgehead atoms. The maximum Gasteiger partial charge on any atom is 0.339 e. The van der Waals surface area contributed by atoms with Crippen LogP contribution in [0, 0.1) is 6.92 Å². The van der Waals surface area contributed by atoms with Crippen LogP contribution in [-0.2, 0) is 9.53 Å². The molecule has 23 heavy (non-hydrogen) atoms. The monoisotopic (exact) mass is 313 g/mol. The molecule has 0 aliphatic rings. The van der Waals surface area contributed by atoms with Crippen molar-refractivity contribution in [3.05, 3.63) is 59.7 Å². The summed E-state index contributed by atoms with van der Waals surface area (Å²) in [6, 6.07) is 14.1. The number of aryl methyl sites for hydroxylation is 1. The van der Waals surface area contributed by atoms with Crippen molar-refractivity contribution in [1.82, 2.24) is 0 Å². The average molecular weight is 313 g/mol. The predicted molar refractivity (Wildman–Crippen MR) is 87.7 cm³/mol. The Morgan fingerprint density at radius 1 is 1.04 bits per heavy atom. The van der Waals surface area contributed by atoms with Crippen LogP contribution in [-0.4, -0.2) is 25.1 Å². The lowest BCUT2D eigenvalue weighted by atomic mass is 10.1. The number of hydrogen-bond acceptors (Lipinski definition) is 4. The van der Waals surface area contributed by atoms with Gasteiger partial charge in [-0.2, -0.15) is 0 Å². The molecule has 1 atom stereocenters. The molecule has 0 aliphatic heterocycles. The molecule has 0 unspecified atom stereocenters. The number of anilines is 1. The number of carbonyl (C=O) groups excluding carboxylic acids is 2. The van der Waals surface area contributed by atoms with E-state index >= 15 is 0 Å². The van der Waals surface area contributed by atoms with Crippen LogP contribution in [0.2, 0.25) is 0 Å². The minimum atomic E-state index is -0.705. The predicted octanol–water partition coefficient (Wildman–Crippen LogP) is 3.19. The first kappa shape index (κ1) is 16.5. The number of rotatable bonds is 5. The number of nitrogens with one attached hydrogen (secondary N) is 1. The van der Waals surface area contributed by atoms with Crippen molar-refractivity contribution in [3.8, 4) is 5.75 Å². The van der Waals surface area contributed by atoms with Gasteiger partial charge in [0.2, 0.25) is 0 Å². The van der Waals surface area contributed by atoms with E-state index in [4.69, 9.17) is 9.47 Å². The number of hydrogen-bond donors (Lipinski definition) is 1. The molecule has 1 N–H and O–H groups in total. The summed E-state index contributed by atoms with van der Waals surface area (Å²) in [7, 11) is 1.30. The number of para-hydroxylation sites is 1. The SMILES string of the molecule is COC(=O)c1ccccc1NC(=O)[C@@H](C)Oc1ccc(C)cc1. The van der Waals surface area contributed by atoms with Gasteiger partial charge in [-0.25, -0.2) is 4.79 Å². The molecule has 2 rings (SSSR count). The number of ether oxygens (including phenoxy) is 2. The van der Waals surface area contributed by atoms with Crippen LogP contribution in [0.25, 0.3) is 0 Å². The highest BCUT2D eigenvalue weighted by molar-refractivity contribution is 6.02. The fourth-order valence-corrected chi connectivity index (χ4v) is 1.99. The number of benzene rings is 2. The maximum atomic E-state index is 12.3. The molecule has 0 saturated carbocycles. The molecular weight excluding hydrogens is 294 g/mol. The summed E-state index contributed by atoms with van der Waals surface area (Å²) in [5.74, 6) is -0.241. The fraction of sp³-hybridized carbons (Fsp3) is 0.222. The topological polar surface area (TPSA) is 64.6 Å². The first-order valence-electron chi connectivity index (χ1n) is 7.23. The van der Waals surface area contributed by atoms with Crippen LogP contribution in [0.1, 0.15) is 22.8 Å². The molecule has 2 aromatic rings. The maximum absolute atomic E-state index is 12.3. The first-order valence-corrected chi connectivity index (χ1v) is 7.23. The lowest BCUT2D eigenvalue weighted by Crippen LogP contribution is -2.30. The lowest BCUT2D eigenvalue weighted by Gasteiger charge is -2.16. The molecule has 5 nitrogen and oxygen atoms in total. The van der Waals surface area contributed by atoms with Gasteiger partial charge in [-0.3, -0.25) is 4.79 Å². The summed E-state index contributed by atoms with van der Waals surface area (Å²) >= 11 is 0. The Kier molecular flexibility index (Phi) is 5.36. The Labute approximate surface area is 135 Å². The highest BCUT2D eigenvalue weighted by Gasteiger charge is 2.18. The molecule has 0 aliphatic carbocycles. The molecule has 0 fully saturated rings. The summed E-state index contributed by atoms with van der Waals surface area (Å²) in [6.07, 6.45) is -0.705. The van der Waals surface area contributed by atoms with Crippen LogP contribution in [0.15, 0.2) is 48.5 Å². The van der Waals surface area contributed by atoms with E-state index in [0.29, 0.717) is 17.0 Å². The standard InChI is InChI=1S/C18H19NO4/c1-12-8-10-14(11-9-12)23-13(2)17(20)19-16-7-5-4-6-15(16)18(21)22-3/h4-11,13H,1-3H3,(H,19,20)/t13-/m1/s1. The Hall–Kier alpha value is -2.82. The number of esters is 1. The van der Waals surface area contributed by atoms with E-state index in [2.05, 4.69) is 5.32 Å². The smallest absolute Gasteiger partial charge is 0.339 e. The number of amides is 1. The Balaban J connectivity index is 2.06. The van der Waals surface area contributed by atoms with Crippen molar-refractivity contribution in [2.45, 2.75) is 20.0 Å². The third kappa shape index (κ3) is 4.32. The largest absolute Gasteiger partial charge is 0.481 e. The van der Waals surface area contributed by atoms with Gasteiger partial charge >= 0.3 is 5.97 Å². The van der Waals surface area contributed by atoms with E-state index in [9.17, 15) is 9.59 Å².